The van der Waals surface area contributed by atoms with Crippen molar-refractivity contribution in [3.05, 3.63) is 29.8 Å². The number of benzene rings is 1. The van der Waals surface area contributed by atoms with Gasteiger partial charge in [-0.3, -0.25) is 9.59 Å². The van der Waals surface area contributed by atoms with Gasteiger partial charge in [0.2, 0.25) is 11.8 Å². The summed E-state index contributed by atoms with van der Waals surface area (Å²) in [7, 11) is 0. The molecule has 1 aromatic carbocycles. The quantitative estimate of drug-likeness (QED) is 0.804. The van der Waals surface area contributed by atoms with Gasteiger partial charge in [0.15, 0.2) is 0 Å². The summed E-state index contributed by atoms with van der Waals surface area (Å²) < 4.78 is 5.97. The fourth-order valence-corrected chi connectivity index (χ4v) is 4.11. The highest BCUT2D eigenvalue weighted by molar-refractivity contribution is 5.80. The molecule has 0 unspecified atom stereocenters. The van der Waals surface area contributed by atoms with Crippen LogP contribution < -0.4 is 4.74 Å². The number of nitrogens with zero attached hydrogens (tertiary/aromatic N) is 3. The summed E-state index contributed by atoms with van der Waals surface area (Å²) in [6, 6.07) is 9.87. The molecule has 0 radical (unpaired) electrons. The minimum absolute atomic E-state index is 0.00103. The highest BCUT2D eigenvalue weighted by Gasteiger charge is 2.41. The largest absolute Gasteiger partial charge is 0.493 e. The van der Waals surface area contributed by atoms with Gasteiger partial charge in [0.25, 0.3) is 0 Å². The van der Waals surface area contributed by atoms with Crippen LogP contribution in [0.2, 0.25) is 0 Å². The maximum Gasteiger partial charge on any atom is 0.224 e. The Morgan fingerprint density at radius 1 is 1.32 bits per heavy atom. The summed E-state index contributed by atoms with van der Waals surface area (Å²) in [4.78, 5) is 29.6. The van der Waals surface area contributed by atoms with Gasteiger partial charge in [0.1, 0.15) is 5.75 Å². The van der Waals surface area contributed by atoms with Crippen molar-refractivity contribution in [1.29, 1.82) is 5.26 Å². The van der Waals surface area contributed by atoms with Crippen molar-refractivity contribution in [3.8, 4) is 11.8 Å². The number of para-hydroxylation sites is 1. The number of carbonyl (C=O) groups is 2. The number of hydrogen-bond acceptors (Lipinski definition) is 4. The minimum Gasteiger partial charge on any atom is -0.493 e. The van der Waals surface area contributed by atoms with E-state index in [0.29, 0.717) is 39.1 Å². The van der Waals surface area contributed by atoms with E-state index in [-0.39, 0.29) is 35.6 Å². The maximum atomic E-state index is 13.2. The van der Waals surface area contributed by atoms with Crippen LogP contribution in [0.3, 0.4) is 0 Å². The lowest BCUT2D eigenvalue weighted by Gasteiger charge is -2.45. The average molecular weight is 383 g/mol. The number of ether oxygens (including phenoxy) is 1. The Morgan fingerprint density at radius 3 is 2.79 bits per heavy atom. The molecule has 0 bridgehead atoms. The summed E-state index contributed by atoms with van der Waals surface area (Å²) >= 11 is 0. The number of hydrogen-bond donors (Lipinski definition) is 0. The molecule has 2 heterocycles. The van der Waals surface area contributed by atoms with Crippen LogP contribution in [-0.2, 0) is 9.59 Å². The van der Waals surface area contributed by atoms with E-state index in [1.54, 1.807) is 4.90 Å². The second-order valence-corrected chi connectivity index (χ2v) is 8.88. The van der Waals surface area contributed by atoms with Gasteiger partial charge < -0.3 is 14.5 Å². The fourth-order valence-electron chi connectivity index (χ4n) is 4.11. The lowest BCUT2D eigenvalue weighted by atomic mass is 9.85. The predicted molar refractivity (Wildman–Crippen MR) is 105 cm³/mol. The lowest BCUT2D eigenvalue weighted by Crippen LogP contribution is -2.51. The topological polar surface area (TPSA) is 73.6 Å². The molecule has 150 valence electrons. The van der Waals surface area contributed by atoms with E-state index >= 15 is 0 Å². The van der Waals surface area contributed by atoms with E-state index in [2.05, 4.69) is 26.8 Å². The molecule has 0 aromatic heterocycles. The van der Waals surface area contributed by atoms with E-state index in [0.717, 1.165) is 11.3 Å². The van der Waals surface area contributed by atoms with Crippen molar-refractivity contribution in [2.75, 3.05) is 26.2 Å². The summed E-state index contributed by atoms with van der Waals surface area (Å²) in [5.41, 5.74) is 0.887. The highest BCUT2D eigenvalue weighted by atomic mass is 16.5. The molecule has 2 aliphatic rings. The first-order chi connectivity index (χ1) is 13.3. The number of carbonyl (C=O) groups excluding carboxylic acids is 2. The smallest absolute Gasteiger partial charge is 0.224 e. The Kier molecular flexibility index (Phi) is 5.93. The molecule has 2 amide bonds. The van der Waals surface area contributed by atoms with Crippen LogP contribution in [0.1, 0.15) is 51.6 Å². The molecule has 0 N–H and O–H groups in total. The SMILES string of the molecule is CC(C)(C)CC(=O)N1CCC(=O)N(CCC#N)C[C@H]2COc3ccccc3[C@H]21. The van der Waals surface area contributed by atoms with Crippen LogP contribution in [0, 0.1) is 22.7 Å². The molecule has 0 saturated carbocycles. The highest BCUT2D eigenvalue weighted by Crippen LogP contribution is 2.41. The van der Waals surface area contributed by atoms with Gasteiger partial charge >= 0.3 is 0 Å². The standard InChI is InChI=1S/C22H29N3O3/c1-22(2,3)13-20(27)25-12-9-19(26)24(11-6-10-23)14-16-15-28-18-8-5-4-7-17(18)21(16)25/h4-5,7-8,16,21H,6,9,11-15H2,1-3H3/t16-,21-/m0/s1. The van der Waals surface area contributed by atoms with E-state index in [1.807, 2.05) is 29.2 Å². The van der Waals surface area contributed by atoms with Gasteiger partial charge in [-0.15, -0.1) is 0 Å². The Hall–Kier alpha value is -2.55. The van der Waals surface area contributed by atoms with Gasteiger partial charge in [-0.25, -0.2) is 0 Å². The molecular formula is C22H29N3O3. The zero-order valence-electron chi connectivity index (χ0n) is 17.0. The second-order valence-electron chi connectivity index (χ2n) is 8.88. The first-order valence-corrected chi connectivity index (χ1v) is 9.96. The van der Waals surface area contributed by atoms with E-state index in [9.17, 15) is 9.59 Å². The molecule has 2 atom stereocenters. The average Bonchev–Trinajstić information content (AvgIpc) is 2.63. The first kappa shape index (κ1) is 20.2. The molecule has 1 saturated heterocycles. The third kappa shape index (κ3) is 4.46. The molecular weight excluding hydrogens is 354 g/mol. The van der Waals surface area contributed by atoms with Gasteiger partial charge in [-0.05, 0) is 11.5 Å². The van der Waals surface area contributed by atoms with Crippen LogP contribution in [0.4, 0.5) is 0 Å². The van der Waals surface area contributed by atoms with Crippen LogP contribution in [0.5, 0.6) is 5.75 Å². The van der Waals surface area contributed by atoms with Crippen molar-refractivity contribution in [3.63, 3.8) is 0 Å². The molecule has 0 aliphatic carbocycles. The van der Waals surface area contributed by atoms with E-state index in [4.69, 9.17) is 10.00 Å². The van der Waals surface area contributed by atoms with Crippen LogP contribution in [0.15, 0.2) is 24.3 Å². The van der Waals surface area contributed by atoms with Crippen molar-refractivity contribution >= 4 is 11.8 Å². The molecule has 3 rings (SSSR count). The van der Waals surface area contributed by atoms with Gasteiger partial charge in [-0.1, -0.05) is 39.0 Å². The van der Waals surface area contributed by atoms with Gasteiger partial charge in [0.05, 0.1) is 25.1 Å². The van der Waals surface area contributed by atoms with Crippen LogP contribution in [-0.4, -0.2) is 47.9 Å². The summed E-state index contributed by atoms with van der Waals surface area (Å²) in [6.07, 6.45) is 1.03. The molecule has 2 aliphatic heterocycles. The molecule has 0 spiro atoms. The Morgan fingerprint density at radius 2 is 2.07 bits per heavy atom. The van der Waals surface area contributed by atoms with Crippen molar-refractivity contribution in [2.24, 2.45) is 11.3 Å². The summed E-state index contributed by atoms with van der Waals surface area (Å²) in [6.45, 7) is 7.94. The number of amides is 2. The molecule has 28 heavy (non-hydrogen) atoms. The number of fused-ring (bicyclic) bond motifs is 3. The molecule has 1 fully saturated rings. The Balaban J connectivity index is 1.96. The molecule has 6 heteroatoms. The number of nitriles is 1. The third-order valence-electron chi connectivity index (χ3n) is 5.34. The van der Waals surface area contributed by atoms with Gasteiger partial charge in [-0.2, -0.15) is 5.26 Å². The van der Waals surface area contributed by atoms with Crippen molar-refractivity contribution < 1.29 is 14.3 Å². The first-order valence-electron chi connectivity index (χ1n) is 9.96. The van der Waals surface area contributed by atoms with E-state index < -0.39 is 0 Å². The maximum absolute atomic E-state index is 13.2. The fraction of sp³-hybridized carbons (Fsp3) is 0.591. The van der Waals surface area contributed by atoms with Crippen LogP contribution >= 0.6 is 0 Å². The van der Waals surface area contributed by atoms with Crippen LogP contribution in [0.25, 0.3) is 0 Å². The van der Waals surface area contributed by atoms with Crippen molar-refractivity contribution in [2.45, 2.75) is 46.1 Å². The molecule has 6 nitrogen and oxygen atoms in total. The Bertz CT molecular complexity index is 778. The third-order valence-corrected chi connectivity index (χ3v) is 5.34. The van der Waals surface area contributed by atoms with E-state index in [1.165, 1.54) is 0 Å². The monoisotopic (exact) mass is 383 g/mol. The number of rotatable bonds is 3. The summed E-state index contributed by atoms with van der Waals surface area (Å²) in [5.74, 6) is 0.883. The predicted octanol–water partition coefficient (Wildman–Crippen LogP) is 3.15. The van der Waals surface area contributed by atoms with Crippen molar-refractivity contribution in [1.82, 2.24) is 9.80 Å². The Labute approximate surface area is 167 Å². The minimum atomic E-state index is -0.123. The summed E-state index contributed by atoms with van der Waals surface area (Å²) in [5, 5.41) is 8.93. The molecule has 1 aromatic rings. The zero-order valence-corrected chi connectivity index (χ0v) is 17.0. The van der Waals surface area contributed by atoms with Gasteiger partial charge in [0, 0.05) is 44.0 Å². The normalized spacial score (nSPS) is 22.3. The lowest BCUT2D eigenvalue weighted by molar-refractivity contribution is -0.143. The zero-order chi connectivity index (χ0) is 20.3. The second kappa shape index (κ2) is 8.22.